The molecule has 2 amide bonds. The zero-order chi connectivity index (χ0) is 22.1. The second kappa shape index (κ2) is 11.2. The van der Waals surface area contributed by atoms with Gasteiger partial charge in [0.15, 0.2) is 6.10 Å². The van der Waals surface area contributed by atoms with Gasteiger partial charge >= 0.3 is 5.97 Å². The Morgan fingerprint density at radius 2 is 1.67 bits per heavy atom. The van der Waals surface area contributed by atoms with Crippen molar-refractivity contribution in [1.29, 1.82) is 0 Å². The molecular weight excluding hydrogens is 408 g/mol. The van der Waals surface area contributed by atoms with Gasteiger partial charge in [0.1, 0.15) is 5.75 Å². The molecule has 0 saturated heterocycles. The molecule has 2 aromatic carbocycles. The molecule has 2 aromatic rings. The number of amides is 2. The number of ether oxygens (including phenoxy) is 2. The topological polar surface area (TPSA) is 93.7 Å². The van der Waals surface area contributed by atoms with Crippen LogP contribution < -0.4 is 15.4 Å². The van der Waals surface area contributed by atoms with Crippen molar-refractivity contribution < 1.29 is 23.9 Å². The average molecular weight is 433 g/mol. The predicted molar refractivity (Wildman–Crippen MR) is 114 cm³/mol. The summed E-state index contributed by atoms with van der Waals surface area (Å²) in [6.45, 7) is 5.28. The number of hydrogen-bond donors (Lipinski definition) is 2. The SMILES string of the molecule is CCOc1ccc(NC(=O)C(C)OC(=O)CC(NC(C)=O)c2ccc(Cl)cc2)cc1. The van der Waals surface area contributed by atoms with Gasteiger partial charge in [0.05, 0.1) is 19.1 Å². The Morgan fingerprint density at radius 3 is 2.23 bits per heavy atom. The smallest absolute Gasteiger partial charge is 0.309 e. The third-order valence-corrected chi connectivity index (χ3v) is 4.38. The number of carbonyl (C=O) groups is 3. The Hall–Kier alpha value is -3.06. The van der Waals surface area contributed by atoms with E-state index in [2.05, 4.69) is 10.6 Å². The van der Waals surface area contributed by atoms with E-state index >= 15 is 0 Å². The highest BCUT2D eigenvalue weighted by atomic mass is 35.5. The first kappa shape index (κ1) is 23.2. The zero-order valence-corrected chi connectivity index (χ0v) is 17.9. The van der Waals surface area contributed by atoms with E-state index in [0.29, 0.717) is 28.6 Å². The summed E-state index contributed by atoms with van der Waals surface area (Å²) in [7, 11) is 0. The molecule has 7 nitrogen and oxygen atoms in total. The number of esters is 1. The molecule has 0 saturated carbocycles. The Labute approximate surface area is 180 Å². The van der Waals surface area contributed by atoms with Gasteiger partial charge in [-0.25, -0.2) is 0 Å². The van der Waals surface area contributed by atoms with E-state index in [1.807, 2.05) is 6.92 Å². The maximum absolute atomic E-state index is 12.4. The normalized spacial score (nSPS) is 12.4. The summed E-state index contributed by atoms with van der Waals surface area (Å²) in [5, 5.41) is 5.94. The molecule has 0 spiro atoms. The van der Waals surface area contributed by atoms with E-state index in [9.17, 15) is 14.4 Å². The van der Waals surface area contributed by atoms with Gasteiger partial charge < -0.3 is 20.1 Å². The maximum Gasteiger partial charge on any atom is 0.309 e. The number of benzene rings is 2. The second-order valence-corrected chi connectivity index (χ2v) is 7.02. The minimum atomic E-state index is -1.01. The number of anilines is 1. The molecule has 2 N–H and O–H groups in total. The van der Waals surface area contributed by atoms with E-state index < -0.39 is 24.0 Å². The summed E-state index contributed by atoms with van der Waals surface area (Å²) < 4.78 is 10.6. The number of rotatable bonds is 9. The molecule has 8 heteroatoms. The molecule has 0 radical (unpaired) electrons. The molecule has 2 unspecified atom stereocenters. The highest BCUT2D eigenvalue weighted by Crippen LogP contribution is 2.21. The molecule has 160 valence electrons. The minimum Gasteiger partial charge on any atom is -0.494 e. The van der Waals surface area contributed by atoms with Crippen LogP contribution in [0.1, 0.15) is 38.8 Å². The molecule has 0 aromatic heterocycles. The molecule has 0 aliphatic rings. The Kier molecular flexibility index (Phi) is 8.68. The number of halogens is 1. The van der Waals surface area contributed by atoms with Crippen LogP contribution in [0.4, 0.5) is 5.69 Å². The van der Waals surface area contributed by atoms with Crippen LogP contribution in [-0.2, 0) is 19.1 Å². The van der Waals surface area contributed by atoms with Gasteiger partial charge in [0, 0.05) is 17.6 Å². The van der Waals surface area contributed by atoms with Gasteiger partial charge in [-0.1, -0.05) is 23.7 Å². The third kappa shape index (κ3) is 7.40. The van der Waals surface area contributed by atoms with Gasteiger partial charge in [-0.2, -0.15) is 0 Å². The standard InChI is InChI=1S/C22H25ClN2O5/c1-4-29-19-11-9-18(10-12-19)25-22(28)14(2)30-21(27)13-20(24-15(3)26)16-5-7-17(23)8-6-16/h5-12,14,20H,4,13H2,1-3H3,(H,24,26)(H,25,28). The lowest BCUT2D eigenvalue weighted by Gasteiger charge is -2.19. The van der Waals surface area contributed by atoms with Crippen LogP contribution in [-0.4, -0.2) is 30.5 Å². The molecular formula is C22H25ClN2O5. The van der Waals surface area contributed by atoms with Gasteiger partial charge in [0.25, 0.3) is 5.91 Å². The van der Waals surface area contributed by atoms with Crippen molar-refractivity contribution in [3.05, 3.63) is 59.1 Å². The number of carbonyl (C=O) groups excluding carboxylic acids is 3. The molecule has 0 aliphatic heterocycles. The summed E-state index contributed by atoms with van der Waals surface area (Å²) >= 11 is 5.89. The molecule has 0 aliphatic carbocycles. The van der Waals surface area contributed by atoms with E-state index in [0.717, 1.165) is 0 Å². The maximum atomic E-state index is 12.4. The molecule has 30 heavy (non-hydrogen) atoms. The van der Waals surface area contributed by atoms with Gasteiger partial charge in [-0.15, -0.1) is 0 Å². The first-order valence-electron chi connectivity index (χ1n) is 9.54. The molecule has 0 bridgehead atoms. The number of hydrogen-bond acceptors (Lipinski definition) is 5. The third-order valence-electron chi connectivity index (χ3n) is 4.13. The highest BCUT2D eigenvalue weighted by Gasteiger charge is 2.22. The van der Waals surface area contributed by atoms with Gasteiger partial charge in [0.2, 0.25) is 5.91 Å². The summed E-state index contributed by atoms with van der Waals surface area (Å²) in [6, 6.07) is 13.1. The Morgan fingerprint density at radius 1 is 1.03 bits per heavy atom. The van der Waals surface area contributed by atoms with Crippen molar-refractivity contribution >= 4 is 35.1 Å². The Balaban J connectivity index is 1.94. The van der Waals surface area contributed by atoms with Crippen LogP contribution >= 0.6 is 11.6 Å². The van der Waals surface area contributed by atoms with Gasteiger partial charge in [-0.05, 0) is 55.8 Å². The first-order valence-corrected chi connectivity index (χ1v) is 9.92. The quantitative estimate of drug-likeness (QED) is 0.586. The highest BCUT2D eigenvalue weighted by molar-refractivity contribution is 6.30. The zero-order valence-electron chi connectivity index (χ0n) is 17.1. The van der Waals surface area contributed by atoms with Crippen molar-refractivity contribution in [2.45, 2.75) is 39.3 Å². The lowest BCUT2D eigenvalue weighted by atomic mass is 10.0. The van der Waals surface area contributed by atoms with Crippen LogP contribution in [0.25, 0.3) is 0 Å². The van der Waals surface area contributed by atoms with Crippen molar-refractivity contribution in [3.63, 3.8) is 0 Å². The van der Waals surface area contributed by atoms with Crippen LogP contribution in [0.15, 0.2) is 48.5 Å². The molecule has 2 rings (SSSR count). The Bertz CT molecular complexity index is 868. The lowest BCUT2D eigenvalue weighted by molar-refractivity contribution is -0.153. The summed E-state index contributed by atoms with van der Waals surface area (Å²) in [5.74, 6) is -0.668. The van der Waals surface area contributed by atoms with Crippen molar-refractivity contribution in [3.8, 4) is 5.75 Å². The fraction of sp³-hybridized carbons (Fsp3) is 0.318. The van der Waals surface area contributed by atoms with E-state index in [1.165, 1.54) is 13.8 Å². The lowest BCUT2D eigenvalue weighted by Crippen LogP contribution is -2.33. The number of nitrogens with one attached hydrogen (secondary N) is 2. The van der Waals surface area contributed by atoms with E-state index in [-0.39, 0.29) is 12.3 Å². The van der Waals surface area contributed by atoms with Crippen molar-refractivity contribution in [2.24, 2.45) is 0 Å². The summed E-state index contributed by atoms with van der Waals surface area (Å²) in [5.41, 5.74) is 1.27. The van der Waals surface area contributed by atoms with Crippen molar-refractivity contribution in [1.82, 2.24) is 5.32 Å². The van der Waals surface area contributed by atoms with E-state index in [4.69, 9.17) is 21.1 Å². The molecule has 2 atom stereocenters. The monoisotopic (exact) mass is 432 g/mol. The van der Waals surface area contributed by atoms with Crippen LogP contribution in [0.3, 0.4) is 0 Å². The predicted octanol–water partition coefficient (Wildman–Crippen LogP) is 3.88. The average Bonchev–Trinajstić information content (AvgIpc) is 2.69. The second-order valence-electron chi connectivity index (χ2n) is 6.59. The summed E-state index contributed by atoms with van der Waals surface area (Å²) in [6.07, 6.45) is -1.13. The van der Waals surface area contributed by atoms with Crippen LogP contribution in [0, 0.1) is 0 Å². The van der Waals surface area contributed by atoms with Crippen LogP contribution in [0.5, 0.6) is 5.75 Å². The van der Waals surface area contributed by atoms with Crippen LogP contribution in [0.2, 0.25) is 5.02 Å². The fourth-order valence-electron chi connectivity index (χ4n) is 2.70. The first-order chi connectivity index (χ1) is 14.3. The van der Waals surface area contributed by atoms with Crippen molar-refractivity contribution in [2.75, 3.05) is 11.9 Å². The molecule has 0 heterocycles. The largest absolute Gasteiger partial charge is 0.494 e. The minimum absolute atomic E-state index is 0.123. The van der Waals surface area contributed by atoms with E-state index in [1.54, 1.807) is 48.5 Å². The molecule has 0 fully saturated rings. The summed E-state index contributed by atoms with van der Waals surface area (Å²) in [4.78, 5) is 36.2. The van der Waals surface area contributed by atoms with Gasteiger partial charge in [-0.3, -0.25) is 14.4 Å². The fourth-order valence-corrected chi connectivity index (χ4v) is 2.83.